The topological polar surface area (TPSA) is 107 Å². The molecule has 2 saturated heterocycles. The third kappa shape index (κ3) is 6.86. The van der Waals surface area contributed by atoms with Crippen LogP contribution in [0, 0.1) is 5.82 Å². The molecule has 1 amide bonds. The summed E-state index contributed by atoms with van der Waals surface area (Å²) in [6.07, 6.45) is 2.98. The number of sulfonamides is 2. The average molecular weight is 553 g/mol. The molecular formula is C25H33FN4O5S2. The van der Waals surface area contributed by atoms with E-state index in [2.05, 4.69) is 5.32 Å². The standard InChI is InChI=1S/C25H33FN4O5S2/c26-22-7-9-23(10-8-22)28-16-18-29(19-17-28)36(32,33)20-4-13-27-25(31)21-5-11-24(12-6-21)37(34,35)30-14-2-1-3-15-30/h5-12H,1-4,13-20H2,(H,27,31). The lowest BCUT2D eigenvalue weighted by Crippen LogP contribution is -2.49. The van der Waals surface area contributed by atoms with Gasteiger partial charge in [-0.1, -0.05) is 6.42 Å². The molecule has 202 valence electrons. The van der Waals surface area contributed by atoms with Crippen molar-refractivity contribution in [3.8, 4) is 0 Å². The van der Waals surface area contributed by atoms with E-state index in [4.69, 9.17) is 0 Å². The van der Waals surface area contributed by atoms with Crippen LogP contribution in [0.3, 0.4) is 0 Å². The molecule has 2 aromatic carbocycles. The summed E-state index contributed by atoms with van der Waals surface area (Å²) in [7, 11) is -7.03. The highest BCUT2D eigenvalue weighted by atomic mass is 32.2. The van der Waals surface area contributed by atoms with Crippen LogP contribution in [0.4, 0.5) is 10.1 Å². The predicted molar refractivity (Wildman–Crippen MR) is 140 cm³/mol. The number of carbonyl (C=O) groups excluding carboxylic acids is 1. The number of benzene rings is 2. The molecule has 12 heteroatoms. The minimum atomic E-state index is -3.56. The molecule has 2 aliphatic heterocycles. The van der Waals surface area contributed by atoms with E-state index in [9.17, 15) is 26.0 Å². The Bertz CT molecular complexity index is 1270. The molecule has 0 aromatic heterocycles. The molecule has 0 atom stereocenters. The Kier molecular flexibility index (Phi) is 8.83. The second-order valence-corrected chi connectivity index (χ2v) is 13.3. The van der Waals surface area contributed by atoms with Crippen molar-refractivity contribution in [3.63, 3.8) is 0 Å². The highest BCUT2D eigenvalue weighted by Crippen LogP contribution is 2.21. The van der Waals surface area contributed by atoms with Crippen LogP contribution >= 0.6 is 0 Å². The van der Waals surface area contributed by atoms with Gasteiger partial charge in [-0.2, -0.15) is 8.61 Å². The van der Waals surface area contributed by atoms with Crippen molar-refractivity contribution in [1.82, 2.24) is 13.9 Å². The lowest BCUT2D eigenvalue weighted by molar-refractivity contribution is 0.0953. The van der Waals surface area contributed by atoms with Crippen LogP contribution in [0.1, 0.15) is 36.0 Å². The summed E-state index contributed by atoms with van der Waals surface area (Å²) in [5.41, 5.74) is 1.18. The minimum absolute atomic E-state index is 0.0865. The zero-order chi connectivity index (χ0) is 26.5. The predicted octanol–water partition coefficient (Wildman–Crippen LogP) is 2.27. The van der Waals surface area contributed by atoms with E-state index in [1.807, 2.05) is 4.90 Å². The Labute approximate surface area is 218 Å². The maximum atomic E-state index is 13.1. The van der Waals surface area contributed by atoms with Crippen molar-refractivity contribution in [1.29, 1.82) is 0 Å². The number of hydrogen-bond acceptors (Lipinski definition) is 6. The summed E-state index contributed by atoms with van der Waals surface area (Å²) in [4.78, 5) is 14.7. The van der Waals surface area contributed by atoms with Crippen molar-refractivity contribution in [2.24, 2.45) is 0 Å². The highest BCUT2D eigenvalue weighted by molar-refractivity contribution is 7.89. The van der Waals surface area contributed by atoms with Gasteiger partial charge in [-0.05, 0) is 67.8 Å². The Balaban J connectivity index is 1.21. The number of rotatable bonds is 9. The van der Waals surface area contributed by atoms with Crippen LogP contribution in [0.15, 0.2) is 53.4 Å². The number of amides is 1. The maximum absolute atomic E-state index is 13.1. The molecule has 2 heterocycles. The van der Waals surface area contributed by atoms with Gasteiger partial charge < -0.3 is 10.2 Å². The van der Waals surface area contributed by atoms with Crippen molar-refractivity contribution >= 4 is 31.6 Å². The minimum Gasteiger partial charge on any atom is -0.369 e. The second-order valence-electron chi connectivity index (χ2n) is 9.28. The number of carbonyl (C=O) groups is 1. The lowest BCUT2D eigenvalue weighted by atomic mass is 10.2. The van der Waals surface area contributed by atoms with Crippen LogP contribution < -0.4 is 10.2 Å². The summed E-state index contributed by atoms with van der Waals surface area (Å²) in [6.45, 7) is 2.93. The molecular weight excluding hydrogens is 519 g/mol. The van der Waals surface area contributed by atoms with Gasteiger partial charge in [0.25, 0.3) is 5.91 Å². The number of nitrogens with zero attached hydrogens (tertiary/aromatic N) is 3. The molecule has 9 nitrogen and oxygen atoms in total. The fourth-order valence-electron chi connectivity index (χ4n) is 4.60. The van der Waals surface area contributed by atoms with E-state index in [-0.39, 0.29) is 35.3 Å². The SMILES string of the molecule is O=C(NCCCS(=O)(=O)N1CCN(c2ccc(F)cc2)CC1)c1ccc(S(=O)(=O)N2CCCCC2)cc1. The van der Waals surface area contributed by atoms with Crippen molar-refractivity contribution in [2.75, 3.05) is 56.5 Å². The summed E-state index contributed by atoms with van der Waals surface area (Å²) < 4.78 is 67.0. The molecule has 37 heavy (non-hydrogen) atoms. The summed E-state index contributed by atoms with van der Waals surface area (Å²) in [6, 6.07) is 12.0. The van der Waals surface area contributed by atoms with E-state index in [0.717, 1.165) is 24.9 Å². The van der Waals surface area contributed by atoms with Gasteiger partial charge in [0, 0.05) is 57.1 Å². The van der Waals surface area contributed by atoms with Gasteiger partial charge in [0.05, 0.1) is 10.6 Å². The molecule has 0 spiro atoms. The first kappa shape index (κ1) is 27.5. The summed E-state index contributed by atoms with van der Waals surface area (Å²) in [5, 5.41) is 2.71. The van der Waals surface area contributed by atoms with Crippen LogP contribution in [0.25, 0.3) is 0 Å². The van der Waals surface area contributed by atoms with Crippen LogP contribution in [-0.2, 0) is 20.0 Å². The zero-order valence-electron chi connectivity index (χ0n) is 20.7. The molecule has 0 unspecified atom stereocenters. The van der Waals surface area contributed by atoms with Gasteiger partial charge in [-0.15, -0.1) is 0 Å². The van der Waals surface area contributed by atoms with Crippen molar-refractivity contribution in [3.05, 3.63) is 59.9 Å². The Morgan fingerprint density at radius 3 is 2.03 bits per heavy atom. The number of nitrogens with one attached hydrogen (secondary N) is 1. The molecule has 4 rings (SSSR count). The van der Waals surface area contributed by atoms with Crippen LogP contribution in [0.5, 0.6) is 0 Å². The van der Waals surface area contributed by atoms with Gasteiger partial charge in [-0.25, -0.2) is 21.2 Å². The molecule has 0 saturated carbocycles. The monoisotopic (exact) mass is 552 g/mol. The molecule has 0 aliphatic carbocycles. The quantitative estimate of drug-likeness (QED) is 0.479. The number of piperazine rings is 1. The van der Waals surface area contributed by atoms with Gasteiger partial charge in [-0.3, -0.25) is 4.79 Å². The second kappa shape index (κ2) is 11.9. The number of hydrogen-bond donors (Lipinski definition) is 1. The highest BCUT2D eigenvalue weighted by Gasteiger charge is 2.27. The third-order valence-corrected chi connectivity index (χ3v) is 10.6. The Morgan fingerprint density at radius 2 is 1.41 bits per heavy atom. The van der Waals surface area contributed by atoms with Gasteiger partial charge in [0.15, 0.2) is 0 Å². The van der Waals surface area contributed by atoms with E-state index in [0.29, 0.717) is 44.8 Å². The van der Waals surface area contributed by atoms with Gasteiger partial charge in [0.2, 0.25) is 20.0 Å². The van der Waals surface area contributed by atoms with E-state index in [1.165, 1.54) is 45.0 Å². The van der Waals surface area contributed by atoms with Crippen molar-refractivity contribution in [2.45, 2.75) is 30.6 Å². The molecule has 2 fully saturated rings. The van der Waals surface area contributed by atoms with Crippen LogP contribution in [-0.4, -0.2) is 82.9 Å². The normalized spacial score (nSPS) is 18.0. The number of anilines is 1. The lowest BCUT2D eigenvalue weighted by Gasteiger charge is -2.35. The van der Waals surface area contributed by atoms with E-state index in [1.54, 1.807) is 12.1 Å². The first-order valence-corrected chi connectivity index (χ1v) is 15.6. The molecule has 2 aromatic rings. The number of piperidine rings is 1. The van der Waals surface area contributed by atoms with E-state index >= 15 is 0 Å². The van der Waals surface area contributed by atoms with Crippen molar-refractivity contribution < 1.29 is 26.0 Å². The first-order chi connectivity index (χ1) is 17.7. The van der Waals surface area contributed by atoms with Gasteiger partial charge in [0.1, 0.15) is 5.82 Å². The smallest absolute Gasteiger partial charge is 0.251 e. The van der Waals surface area contributed by atoms with Gasteiger partial charge >= 0.3 is 0 Å². The fraction of sp³-hybridized carbons (Fsp3) is 0.480. The first-order valence-electron chi connectivity index (χ1n) is 12.5. The van der Waals surface area contributed by atoms with E-state index < -0.39 is 20.0 Å². The zero-order valence-corrected chi connectivity index (χ0v) is 22.3. The van der Waals surface area contributed by atoms with Crippen LogP contribution in [0.2, 0.25) is 0 Å². The Morgan fingerprint density at radius 1 is 0.784 bits per heavy atom. The third-order valence-electron chi connectivity index (χ3n) is 6.76. The summed E-state index contributed by atoms with van der Waals surface area (Å²) >= 11 is 0. The Hall–Kier alpha value is -2.54. The molecule has 2 aliphatic rings. The molecule has 1 N–H and O–H groups in total. The maximum Gasteiger partial charge on any atom is 0.251 e. The largest absolute Gasteiger partial charge is 0.369 e. The average Bonchev–Trinajstić information content (AvgIpc) is 2.92. The number of halogens is 1. The molecule has 0 bridgehead atoms. The summed E-state index contributed by atoms with van der Waals surface area (Å²) in [5.74, 6) is -0.779. The fourth-order valence-corrected chi connectivity index (χ4v) is 7.60. The molecule has 0 radical (unpaired) electrons.